The van der Waals surface area contributed by atoms with Crippen LogP contribution in [-0.2, 0) is 21.7 Å². The Balaban J connectivity index is 2.49. The Bertz CT molecular complexity index is 668. The predicted molar refractivity (Wildman–Crippen MR) is 122 cm³/mol. The van der Waals surface area contributed by atoms with Gasteiger partial charge in [-0.2, -0.15) is 0 Å². The molecule has 1 aromatic carbocycles. The molecular weight excluding hydrogens is 448 g/mol. The summed E-state index contributed by atoms with van der Waals surface area (Å²) in [4.78, 5) is 0. The minimum atomic E-state index is 0.220. The average Bonchev–Trinajstić information content (AvgIpc) is 2.98. The summed E-state index contributed by atoms with van der Waals surface area (Å²) in [6, 6.07) is 0. The monoisotopic (exact) mass is 482 g/mol. The van der Waals surface area contributed by atoms with Crippen molar-refractivity contribution in [1.82, 2.24) is 0 Å². The Morgan fingerprint density at radius 3 is 1.08 bits per heavy atom. The fourth-order valence-electron chi connectivity index (χ4n) is 6.71. The molecule has 2 aliphatic carbocycles. The second-order valence-corrected chi connectivity index (χ2v) is 11.8. The largest absolute Gasteiger partial charge is 0.0645 e. The molecule has 0 aliphatic heterocycles. The minimum absolute atomic E-state index is 0.220. The number of fused-ring (bicyclic) bond motifs is 2. The van der Waals surface area contributed by atoms with Crippen LogP contribution in [0.5, 0.6) is 0 Å². The van der Waals surface area contributed by atoms with Crippen molar-refractivity contribution in [2.75, 3.05) is 0 Å². The summed E-state index contributed by atoms with van der Waals surface area (Å²) in [5.74, 6) is 0. The van der Waals surface area contributed by atoms with Gasteiger partial charge >= 0.3 is 0 Å². The van der Waals surface area contributed by atoms with Crippen molar-refractivity contribution >= 4 is 31.9 Å². The van der Waals surface area contributed by atoms with Crippen LogP contribution in [0.25, 0.3) is 0 Å². The van der Waals surface area contributed by atoms with Crippen molar-refractivity contribution in [3.63, 3.8) is 0 Å². The van der Waals surface area contributed by atoms with Crippen LogP contribution in [0.3, 0.4) is 0 Å². The molecule has 146 valence electrons. The Labute approximate surface area is 178 Å². The van der Waals surface area contributed by atoms with Crippen molar-refractivity contribution in [3.8, 4) is 0 Å². The van der Waals surface area contributed by atoms with Gasteiger partial charge in [0.1, 0.15) is 0 Å². The van der Waals surface area contributed by atoms with Gasteiger partial charge in [-0.15, -0.1) is 0 Å². The lowest BCUT2D eigenvalue weighted by molar-refractivity contribution is 0.321. The molecule has 0 radical (unpaired) electrons. The molecule has 0 amide bonds. The molecule has 0 spiro atoms. The smallest absolute Gasteiger partial charge is 0.0257 e. The summed E-state index contributed by atoms with van der Waals surface area (Å²) in [7, 11) is 0. The quantitative estimate of drug-likeness (QED) is 0.401. The van der Waals surface area contributed by atoms with Crippen LogP contribution in [0, 0.1) is 0 Å². The van der Waals surface area contributed by atoms with E-state index in [1.165, 1.54) is 47.5 Å². The van der Waals surface area contributed by atoms with E-state index in [0.717, 1.165) is 0 Å². The molecule has 0 fully saturated rings. The average molecular weight is 484 g/mol. The van der Waals surface area contributed by atoms with Gasteiger partial charge in [0.15, 0.2) is 0 Å². The van der Waals surface area contributed by atoms with E-state index in [0.29, 0.717) is 10.8 Å². The van der Waals surface area contributed by atoms with Gasteiger partial charge in [0.25, 0.3) is 0 Å². The second kappa shape index (κ2) is 6.34. The van der Waals surface area contributed by atoms with Gasteiger partial charge in [-0.1, -0.05) is 87.2 Å². The van der Waals surface area contributed by atoms with Gasteiger partial charge in [-0.25, -0.2) is 0 Å². The topological polar surface area (TPSA) is 0 Å². The van der Waals surface area contributed by atoms with Crippen LogP contribution >= 0.6 is 31.9 Å². The molecule has 0 nitrogen and oxygen atoms in total. The van der Waals surface area contributed by atoms with Gasteiger partial charge in [-0.05, 0) is 82.4 Å². The summed E-state index contributed by atoms with van der Waals surface area (Å²) < 4.78 is 2.88. The number of rotatable bonds is 4. The van der Waals surface area contributed by atoms with Crippen LogP contribution in [0.4, 0.5) is 0 Å². The first-order valence-electron chi connectivity index (χ1n) is 10.5. The van der Waals surface area contributed by atoms with Crippen LogP contribution in [0.15, 0.2) is 8.95 Å². The predicted octanol–water partition coefficient (Wildman–Crippen LogP) is 8.69. The Morgan fingerprint density at radius 2 is 0.846 bits per heavy atom. The van der Waals surface area contributed by atoms with Gasteiger partial charge in [0.2, 0.25) is 0 Å². The van der Waals surface area contributed by atoms with E-state index in [9.17, 15) is 0 Å². The molecule has 0 N–H and O–H groups in total. The molecular formula is C24H36Br2. The van der Waals surface area contributed by atoms with Crippen molar-refractivity contribution in [2.24, 2.45) is 0 Å². The highest BCUT2D eigenvalue weighted by atomic mass is 79.9. The third-order valence-electron chi connectivity index (χ3n) is 8.06. The third kappa shape index (κ3) is 2.49. The van der Waals surface area contributed by atoms with Crippen molar-refractivity contribution in [2.45, 2.75) is 116 Å². The summed E-state index contributed by atoms with van der Waals surface area (Å²) >= 11 is 8.38. The van der Waals surface area contributed by atoms with E-state index in [2.05, 4.69) is 87.2 Å². The van der Waals surface area contributed by atoms with E-state index >= 15 is 0 Å². The second-order valence-electron chi connectivity index (χ2n) is 10.2. The fourth-order valence-corrected chi connectivity index (χ4v) is 9.42. The molecule has 0 unspecified atom stereocenters. The number of hydrogen-bond donors (Lipinski definition) is 0. The van der Waals surface area contributed by atoms with Gasteiger partial charge in [0, 0.05) is 8.95 Å². The molecule has 0 bridgehead atoms. The molecule has 26 heavy (non-hydrogen) atoms. The summed E-state index contributed by atoms with van der Waals surface area (Å²) in [6.45, 7) is 19.4. The summed E-state index contributed by atoms with van der Waals surface area (Å²) in [5.41, 5.74) is 7.47. The van der Waals surface area contributed by atoms with Gasteiger partial charge in [-0.3, -0.25) is 0 Å². The highest BCUT2D eigenvalue weighted by Gasteiger charge is 2.55. The summed E-state index contributed by atoms with van der Waals surface area (Å²) in [6.07, 6.45) is 7.39. The van der Waals surface area contributed by atoms with E-state index in [1.807, 2.05) is 0 Å². The van der Waals surface area contributed by atoms with E-state index < -0.39 is 0 Å². The molecule has 2 heteroatoms. The van der Waals surface area contributed by atoms with Crippen LogP contribution in [0.2, 0.25) is 0 Å². The highest BCUT2D eigenvalue weighted by molar-refractivity contribution is 9.11. The van der Waals surface area contributed by atoms with Crippen molar-refractivity contribution in [1.29, 1.82) is 0 Å². The lowest BCUT2D eigenvalue weighted by Crippen LogP contribution is -2.25. The van der Waals surface area contributed by atoms with Gasteiger partial charge in [0.05, 0.1) is 0 Å². The lowest BCUT2D eigenvalue weighted by Gasteiger charge is -2.32. The third-order valence-corrected chi connectivity index (χ3v) is 9.65. The van der Waals surface area contributed by atoms with Crippen LogP contribution < -0.4 is 0 Å². The summed E-state index contributed by atoms with van der Waals surface area (Å²) in [5, 5.41) is 0. The molecule has 2 aliphatic rings. The first-order chi connectivity index (χ1) is 12.0. The Kier molecular flexibility index (Phi) is 5.10. The first-order valence-corrected chi connectivity index (χ1v) is 12.1. The van der Waals surface area contributed by atoms with Crippen molar-refractivity contribution in [3.05, 3.63) is 31.2 Å². The molecule has 0 atom stereocenters. The molecule has 0 aromatic heterocycles. The fraction of sp³-hybridized carbons (Fsp3) is 0.750. The normalized spacial score (nSPS) is 23.8. The Morgan fingerprint density at radius 1 is 0.577 bits per heavy atom. The number of hydrogen-bond acceptors (Lipinski definition) is 0. The zero-order chi connectivity index (χ0) is 19.7. The molecule has 0 heterocycles. The van der Waals surface area contributed by atoms with E-state index in [4.69, 9.17) is 0 Å². The standard InChI is InChI=1S/C24H36Br2/c1-9-23(10-2)13-21(5,6)15-17(23)19(25)16-18(20(15)26)24(11-3,12-4)14-22(16,7)8/h9-14H2,1-8H3. The minimum Gasteiger partial charge on any atom is -0.0645 e. The Hall–Kier alpha value is 0.180. The van der Waals surface area contributed by atoms with Gasteiger partial charge < -0.3 is 0 Å². The van der Waals surface area contributed by atoms with E-state index in [1.54, 1.807) is 22.3 Å². The van der Waals surface area contributed by atoms with E-state index in [-0.39, 0.29) is 10.8 Å². The van der Waals surface area contributed by atoms with Crippen LogP contribution in [0.1, 0.15) is 116 Å². The molecule has 0 saturated carbocycles. The van der Waals surface area contributed by atoms with Crippen molar-refractivity contribution < 1.29 is 0 Å². The first kappa shape index (κ1) is 20.9. The van der Waals surface area contributed by atoms with Crippen LogP contribution in [-0.4, -0.2) is 0 Å². The number of benzene rings is 1. The number of halogens is 2. The molecule has 1 aromatic rings. The maximum absolute atomic E-state index is 4.19. The molecule has 3 rings (SSSR count). The molecule has 0 saturated heterocycles. The SMILES string of the molecule is CCC1(CC)CC(C)(C)c2c(Br)c3c(c(Br)c21)C(C)(C)CC3(CC)CC. The zero-order valence-corrected chi connectivity index (χ0v) is 21.2. The maximum atomic E-state index is 4.19. The highest BCUT2D eigenvalue weighted by Crippen LogP contribution is 2.65. The zero-order valence-electron chi connectivity index (χ0n) is 18.0. The maximum Gasteiger partial charge on any atom is 0.0257 e. The lowest BCUT2D eigenvalue weighted by atomic mass is 9.73.